The Kier molecular flexibility index (Phi) is 6.67. The molecular weight excluding hydrogens is 360 g/mol. The van der Waals surface area contributed by atoms with Gasteiger partial charge in [-0.25, -0.2) is 4.98 Å². The zero-order valence-electron chi connectivity index (χ0n) is 15.2. The van der Waals surface area contributed by atoms with E-state index in [1.807, 2.05) is 60.7 Å². The van der Waals surface area contributed by atoms with E-state index in [9.17, 15) is 5.11 Å². The Morgan fingerprint density at radius 2 is 1.81 bits per heavy atom. The van der Waals surface area contributed by atoms with Crippen molar-refractivity contribution in [1.82, 2.24) is 10.3 Å². The first-order valence-electron chi connectivity index (χ1n) is 9.29. The third kappa shape index (κ3) is 4.78. The number of aliphatic hydroxyl groups is 1. The molecule has 1 aliphatic rings. The van der Waals surface area contributed by atoms with Crippen molar-refractivity contribution in [3.63, 3.8) is 0 Å². The number of hydrogen-bond donors (Lipinski definition) is 2. The minimum absolute atomic E-state index is 0. The molecule has 142 valence electrons. The monoisotopic (exact) mass is 384 g/mol. The molecule has 0 amide bonds. The summed E-state index contributed by atoms with van der Waals surface area (Å²) in [5.74, 6) is 0.761. The van der Waals surface area contributed by atoms with Crippen molar-refractivity contribution in [3.05, 3.63) is 60.7 Å². The van der Waals surface area contributed by atoms with Gasteiger partial charge in [0.25, 0.3) is 0 Å². The highest BCUT2D eigenvalue weighted by Gasteiger charge is 2.18. The normalized spacial score (nSPS) is 15.0. The summed E-state index contributed by atoms with van der Waals surface area (Å²) >= 11 is 0. The van der Waals surface area contributed by atoms with Gasteiger partial charge in [0.1, 0.15) is 18.5 Å². The molecule has 4 rings (SSSR count). The SMILES string of the molecule is Cl.O[C@@H](CNC1CCC1)COc1cc(-c2ccccc2)nc2ccccc12. The summed E-state index contributed by atoms with van der Waals surface area (Å²) in [6.45, 7) is 0.835. The van der Waals surface area contributed by atoms with Gasteiger partial charge in [-0.1, -0.05) is 48.9 Å². The highest BCUT2D eigenvalue weighted by molar-refractivity contribution is 5.87. The van der Waals surface area contributed by atoms with Crippen LogP contribution in [0.5, 0.6) is 5.75 Å². The van der Waals surface area contributed by atoms with Gasteiger partial charge in [-0.2, -0.15) is 0 Å². The van der Waals surface area contributed by atoms with E-state index in [1.54, 1.807) is 0 Å². The molecule has 1 aromatic heterocycles. The quantitative estimate of drug-likeness (QED) is 0.640. The number of halogens is 1. The molecule has 1 heterocycles. The number of hydrogen-bond acceptors (Lipinski definition) is 4. The highest BCUT2D eigenvalue weighted by atomic mass is 35.5. The van der Waals surface area contributed by atoms with Gasteiger partial charge in [0.15, 0.2) is 0 Å². The number of nitrogens with one attached hydrogen (secondary N) is 1. The number of ether oxygens (including phenoxy) is 1. The minimum Gasteiger partial charge on any atom is -0.490 e. The van der Waals surface area contributed by atoms with Crippen molar-refractivity contribution < 1.29 is 9.84 Å². The van der Waals surface area contributed by atoms with Crippen LogP contribution in [0.2, 0.25) is 0 Å². The zero-order chi connectivity index (χ0) is 17.8. The van der Waals surface area contributed by atoms with Crippen LogP contribution in [-0.2, 0) is 0 Å². The van der Waals surface area contributed by atoms with Crippen LogP contribution in [0.3, 0.4) is 0 Å². The van der Waals surface area contributed by atoms with Gasteiger partial charge in [0, 0.05) is 29.6 Å². The first-order chi connectivity index (χ1) is 12.8. The molecule has 2 N–H and O–H groups in total. The van der Waals surface area contributed by atoms with Gasteiger partial charge in [0.2, 0.25) is 0 Å². The molecule has 2 aromatic carbocycles. The molecule has 0 radical (unpaired) electrons. The van der Waals surface area contributed by atoms with Crippen LogP contribution < -0.4 is 10.1 Å². The van der Waals surface area contributed by atoms with Gasteiger partial charge in [-0.05, 0) is 25.0 Å². The van der Waals surface area contributed by atoms with Gasteiger partial charge in [0.05, 0.1) is 11.2 Å². The van der Waals surface area contributed by atoms with Crippen LogP contribution in [-0.4, -0.2) is 35.4 Å². The molecule has 3 aromatic rings. The summed E-state index contributed by atoms with van der Waals surface area (Å²) < 4.78 is 6.00. The predicted molar refractivity (Wildman–Crippen MR) is 112 cm³/mol. The second kappa shape index (κ2) is 9.18. The largest absolute Gasteiger partial charge is 0.490 e. The number of nitrogens with zero attached hydrogens (tertiary/aromatic N) is 1. The minimum atomic E-state index is -0.525. The predicted octanol–water partition coefficient (Wildman–Crippen LogP) is 4.21. The number of rotatable bonds is 7. The maximum Gasteiger partial charge on any atom is 0.131 e. The Balaban J connectivity index is 0.00000210. The Labute approximate surface area is 166 Å². The fraction of sp³-hybridized carbons (Fsp3) is 0.318. The second-order valence-corrected chi connectivity index (χ2v) is 6.89. The molecule has 1 saturated carbocycles. The van der Waals surface area contributed by atoms with Crippen molar-refractivity contribution in [1.29, 1.82) is 0 Å². The summed E-state index contributed by atoms with van der Waals surface area (Å²) in [6.07, 6.45) is 3.18. The highest BCUT2D eigenvalue weighted by Crippen LogP contribution is 2.30. The maximum absolute atomic E-state index is 10.2. The van der Waals surface area contributed by atoms with E-state index >= 15 is 0 Å². The molecule has 4 nitrogen and oxygen atoms in total. The van der Waals surface area contributed by atoms with E-state index in [0.29, 0.717) is 12.6 Å². The van der Waals surface area contributed by atoms with E-state index in [0.717, 1.165) is 27.9 Å². The Morgan fingerprint density at radius 3 is 2.56 bits per heavy atom. The van der Waals surface area contributed by atoms with E-state index in [1.165, 1.54) is 19.3 Å². The third-order valence-corrected chi connectivity index (χ3v) is 4.93. The van der Waals surface area contributed by atoms with Crippen LogP contribution >= 0.6 is 12.4 Å². The first kappa shape index (κ1) is 19.6. The van der Waals surface area contributed by atoms with Crippen molar-refractivity contribution in [2.24, 2.45) is 0 Å². The van der Waals surface area contributed by atoms with Crippen molar-refractivity contribution >= 4 is 23.3 Å². The van der Waals surface area contributed by atoms with Crippen LogP contribution in [0, 0.1) is 0 Å². The van der Waals surface area contributed by atoms with Gasteiger partial charge in [-0.15, -0.1) is 12.4 Å². The lowest BCUT2D eigenvalue weighted by Crippen LogP contribution is -2.41. The summed E-state index contributed by atoms with van der Waals surface area (Å²) in [4.78, 5) is 4.76. The lowest BCUT2D eigenvalue weighted by Gasteiger charge is -2.27. The smallest absolute Gasteiger partial charge is 0.131 e. The Morgan fingerprint density at radius 1 is 1.07 bits per heavy atom. The average Bonchev–Trinajstić information content (AvgIpc) is 2.65. The molecule has 0 spiro atoms. The topological polar surface area (TPSA) is 54.4 Å². The molecule has 0 bridgehead atoms. The summed E-state index contributed by atoms with van der Waals surface area (Å²) in [5, 5.41) is 14.6. The van der Waals surface area contributed by atoms with Crippen LogP contribution in [0.4, 0.5) is 0 Å². The summed E-state index contributed by atoms with van der Waals surface area (Å²) in [7, 11) is 0. The fourth-order valence-corrected chi connectivity index (χ4v) is 3.18. The summed E-state index contributed by atoms with van der Waals surface area (Å²) in [5.41, 5.74) is 2.82. The van der Waals surface area contributed by atoms with Gasteiger partial charge in [-0.3, -0.25) is 0 Å². The second-order valence-electron chi connectivity index (χ2n) is 6.89. The number of fused-ring (bicyclic) bond motifs is 1. The van der Waals surface area contributed by atoms with E-state index in [2.05, 4.69) is 5.32 Å². The third-order valence-electron chi connectivity index (χ3n) is 4.93. The maximum atomic E-state index is 10.2. The van der Waals surface area contributed by atoms with Crippen molar-refractivity contribution in [3.8, 4) is 17.0 Å². The molecule has 5 heteroatoms. The lowest BCUT2D eigenvalue weighted by atomic mass is 9.93. The summed E-state index contributed by atoms with van der Waals surface area (Å²) in [6, 6.07) is 20.6. The fourth-order valence-electron chi connectivity index (χ4n) is 3.18. The van der Waals surface area contributed by atoms with E-state index in [4.69, 9.17) is 9.72 Å². The number of pyridine rings is 1. The average molecular weight is 385 g/mol. The molecule has 1 aliphatic carbocycles. The van der Waals surface area contributed by atoms with Crippen molar-refractivity contribution in [2.45, 2.75) is 31.4 Å². The first-order valence-corrected chi connectivity index (χ1v) is 9.29. The van der Waals surface area contributed by atoms with Crippen LogP contribution in [0.15, 0.2) is 60.7 Å². The Hall–Kier alpha value is -2.14. The zero-order valence-corrected chi connectivity index (χ0v) is 16.0. The van der Waals surface area contributed by atoms with E-state index in [-0.39, 0.29) is 19.0 Å². The molecule has 1 fully saturated rings. The van der Waals surface area contributed by atoms with Gasteiger partial charge < -0.3 is 15.2 Å². The molecule has 1 atom stereocenters. The van der Waals surface area contributed by atoms with E-state index < -0.39 is 6.10 Å². The number of benzene rings is 2. The Bertz CT molecular complexity index is 869. The number of para-hydroxylation sites is 1. The molecule has 0 aliphatic heterocycles. The lowest BCUT2D eigenvalue weighted by molar-refractivity contribution is 0.100. The van der Waals surface area contributed by atoms with Crippen LogP contribution in [0.25, 0.3) is 22.2 Å². The molecular formula is C22H25ClN2O2. The molecule has 0 unspecified atom stereocenters. The number of aromatic nitrogens is 1. The number of aliphatic hydroxyl groups excluding tert-OH is 1. The van der Waals surface area contributed by atoms with Crippen molar-refractivity contribution in [2.75, 3.05) is 13.2 Å². The standard InChI is InChI=1S/C22H24N2O2.ClH/c25-18(14-23-17-9-6-10-17)15-26-22-13-21(16-7-2-1-3-8-16)24-20-12-5-4-11-19(20)22;/h1-5,7-8,11-13,17-18,23,25H,6,9-10,14-15H2;1H/t18-;/m0./s1. The van der Waals surface area contributed by atoms with Gasteiger partial charge >= 0.3 is 0 Å². The molecule has 27 heavy (non-hydrogen) atoms. The molecule has 0 saturated heterocycles. The van der Waals surface area contributed by atoms with Crippen LogP contribution in [0.1, 0.15) is 19.3 Å².